The number of ether oxygens (including phenoxy) is 2. The van der Waals surface area contributed by atoms with Crippen molar-refractivity contribution in [2.45, 2.75) is 18.8 Å². The van der Waals surface area contributed by atoms with E-state index in [4.69, 9.17) is 14.6 Å². The van der Waals surface area contributed by atoms with Crippen molar-refractivity contribution in [3.63, 3.8) is 0 Å². The molecule has 1 saturated heterocycles. The summed E-state index contributed by atoms with van der Waals surface area (Å²) in [5, 5.41) is 8.73. The lowest BCUT2D eigenvalue weighted by molar-refractivity contribution is -0.159. The van der Waals surface area contributed by atoms with Crippen LogP contribution in [0.25, 0.3) is 0 Å². The van der Waals surface area contributed by atoms with Crippen molar-refractivity contribution in [2.24, 2.45) is 0 Å². The van der Waals surface area contributed by atoms with E-state index in [9.17, 15) is 0 Å². The van der Waals surface area contributed by atoms with Crippen molar-refractivity contribution in [3.05, 3.63) is 35.9 Å². The van der Waals surface area contributed by atoms with Crippen LogP contribution in [0.5, 0.6) is 0 Å². The van der Waals surface area contributed by atoms with E-state index in [1.54, 1.807) is 11.8 Å². The van der Waals surface area contributed by atoms with Gasteiger partial charge in [-0.1, -0.05) is 30.3 Å². The summed E-state index contributed by atoms with van der Waals surface area (Å²) in [6.45, 7) is 2.79. The van der Waals surface area contributed by atoms with Gasteiger partial charge >= 0.3 is 0 Å². The first-order valence-electron chi connectivity index (χ1n) is 5.80. The van der Waals surface area contributed by atoms with Crippen molar-refractivity contribution >= 4 is 11.8 Å². The molecule has 2 unspecified atom stereocenters. The molecule has 1 aliphatic rings. The molecule has 0 saturated carbocycles. The molecule has 2 rings (SSSR count). The van der Waals surface area contributed by atoms with Crippen molar-refractivity contribution < 1.29 is 14.6 Å². The van der Waals surface area contributed by atoms with Crippen molar-refractivity contribution in [1.29, 1.82) is 0 Å². The van der Waals surface area contributed by atoms with Gasteiger partial charge in [0.2, 0.25) is 0 Å². The number of rotatable bonds is 5. The Morgan fingerprint density at radius 3 is 2.88 bits per heavy atom. The summed E-state index contributed by atoms with van der Waals surface area (Å²) in [7, 11) is 0. The Kier molecular flexibility index (Phi) is 4.45. The molecule has 1 aromatic carbocycles. The first-order valence-corrected chi connectivity index (χ1v) is 6.96. The Hall–Kier alpha value is -0.550. The quantitative estimate of drug-likeness (QED) is 0.816. The summed E-state index contributed by atoms with van der Waals surface area (Å²) in [6, 6.07) is 9.99. The second-order valence-electron chi connectivity index (χ2n) is 4.16. The maximum Gasteiger partial charge on any atom is 0.192 e. The first kappa shape index (κ1) is 12.9. The molecule has 0 aromatic heterocycles. The van der Waals surface area contributed by atoms with E-state index in [1.165, 1.54) is 0 Å². The highest BCUT2D eigenvalue weighted by Gasteiger charge is 2.38. The third-order valence-electron chi connectivity index (χ3n) is 2.77. The van der Waals surface area contributed by atoms with Gasteiger partial charge in [-0.25, -0.2) is 0 Å². The van der Waals surface area contributed by atoms with E-state index in [1.807, 2.05) is 37.3 Å². The van der Waals surface area contributed by atoms with Gasteiger partial charge in [0.1, 0.15) is 0 Å². The second kappa shape index (κ2) is 5.87. The summed E-state index contributed by atoms with van der Waals surface area (Å²) in [5.41, 5.74) is 1.05. The van der Waals surface area contributed by atoms with Crippen LogP contribution in [0.3, 0.4) is 0 Å². The summed E-state index contributed by atoms with van der Waals surface area (Å²) in [6.07, 6.45) is 0.108. The van der Waals surface area contributed by atoms with Gasteiger partial charge in [0, 0.05) is 17.1 Å². The average Bonchev–Trinajstić information content (AvgIpc) is 2.74. The van der Waals surface area contributed by atoms with Gasteiger partial charge < -0.3 is 14.6 Å². The molecule has 0 bridgehead atoms. The van der Waals surface area contributed by atoms with Crippen LogP contribution in [0.15, 0.2) is 30.3 Å². The maximum atomic E-state index is 8.73. The normalized spacial score (nSPS) is 28.5. The average molecular weight is 254 g/mol. The molecular formula is C13H18O3S. The molecule has 94 valence electrons. The fourth-order valence-corrected chi connectivity index (χ4v) is 2.61. The van der Waals surface area contributed by atoms with Gasteiger partial charge in [0.15, 0.2) is 5.79 Å². The highest BCUT2D eigenvalue weighted by atomic mass is 32.2. The van der Waals surface area contributed by atoms with Crippen molar-refractivity contribution in [1.82, 2.24) is 0 Å². The third kappa shape index (κ3) is 3.22. The molecule has 0 amide bonds. The summed E-state index contributed by atoms with van der Waals surface area (Å²) in [4.78, 5) is 0. The minimum Gasteiger partial charge on any atom is -0.396 e. The highest BCUT2D eigenvalue weighted by molar-refractivity contribution is 7.99. The van der Waals surface area contributed by atoms with E-state index in [0.717, 1.165) is 17.1 Å². The van der Waals surface area contributed by atoms with E-state index in [-0.39, 0.29) is 12.7 Å². The zero-order valence-electron chi connectivity index (χ0n) is 9.96. The number of thioether (sulfide) groups is 1. The molecule has 1 N–H and O–H groups in total. The molecule has 17 heavy (non-hydrogen) atoms. The predicted molar refractivity (Wildman–Crippen MR) is 69.0 cm³/mol. The number of hydrogen-bond donors (Lipinski definition) is 1. The van der Waals surface area contributed by atoms with Crippen molar-refractivity contribution in [3.8, 4) is 0 Å². The van der Waals surface area contributed by atoms with Crippen LogP contribution in [0.2, 0.25) is 0 Å². The van der Waals surface area contributed by atoms with Crippen LogP contribution in [0.4, 0.5) is 0 Å². The lowest BCUT2D eigenvalue weighted by atomic mass is 10.1. The Morgan fingerprint density at radius 2 is 2.18 bits per heavy atom. The topological polar surface area (TPSA) is 38.7 Å². The molecule has 1 heterocycles. The summed E-state index contributed by atoms with van der Waals surface area (Å²) >= 11 is 1.69. The first-order chi connectivity index (χ1) is 8.24. The Morgan fingerprint density at radius 1 is 1.41 bits per heavy atom. The molecule has 0 radical (unpaired) electrons. The lowest BCUT2D eigenvalue weighted by Gasteiger charge is -2.23. The molecule has 0 aliphatic carbocycles. The van der Waals surface area contributed by atoms with E-state index < -0.39 is 5.79 Å². The Bertz CT molecular complexity index is 344. The van der Waals surface area contributed by atoms with Gasteiger partial charge in [0.25, 0.3) is 0 Å². The molecule has 3 nitrogen and oxygen atoms in total. The minimum atomic E-state index is -0.619. The third-order valence-corrected chi connectivity index (χ3v) is 3.85. The van der Waals surface area contributed by atoms with Crippen LogP contribution in [-0.4, -0.2) is 35.9 Å². The highest BCUT2D eigenvalue weighted by Crippen LogP contribution is 2.34. The number of benzene rings is 1. The van der Waals surface area contributed by atoms with Crippen LogP contribution in [-0.2, 0) is 15.3 Å². The van der Waals surface area contributed by atoms with E-state index >= 15 is 0 Å². The Balaban J connectivity index is 1.92. The van der Waals surface area contributed by atoms with Gasteiger partial charge in [0.05, 0.1) is 19.3 Å². The van der Waals surface area contributed by atoms with Gasteiger partial charge in [-0.2, -0.15) is 11.8 Å². The predicted octanol–water partition coefficient (Wildman–Crippen LogP) is 2.00. The SMILES string of the molecule is CC1(c2ccccc2)OCC(CSCCO)O1. The minimum absolute atomic E-state index is 0.108. The molecule has 4 heteroatoms. The summed E-state index contributed by atoms with van der Waals surface area (Å²) < 4.78 is 11.7. The molecular weight excluding hydrogens is 236 g/mol. The molecule has 0 spiro atoms. The monoisotopic (exact) mass is 254 g/mol. The number of hydrogen-bond acceptors (Lipinski definition) is 4. The fourth-order valence-electron chi connectivity index (χ4n) is 1.89. The lowest BCUT2D eigenvalue weighted by Crippen LogP contribution is -2.24. The molecule has 1 fully saturated rings. The molecule has 1 aliphatic heterocycles. The number of aliphatic hydroxyl groups is 1. The van der Waals surface area contributed by atoms with Gasteiger partial charge in [-0.3, -0.25) is 0 Å². The maximum absolute atomic E-state index is 8.73. The van der Waals surface area contributed by atoms with Gasteiger partial charge in [-0.05, 0) is 6.92 Å². The van der Waals surface area contributed by atoms with E-state index in [0.29, 0.717) is 6.61 Å². The van der Waals surface area contributed by atoms with Crippen molar-refractivity contribution in [2.75, 3.05) is 24.7 Å². The van der Waals surface area contributed by atoms with Gasteiger partial charge in [-0.15, -0.1) is 0 Å². The summed E-state index contributed by atoms with van der Waals surface area (Å²) in [5.74, 6) is 0.997. The standard InChI is InChI=1S/C13H18O3S/c1-13(11-5-3-2-4-6-11)15-9-12(16-13)10-17-8-7-14/h2-6,12,14H,7-10H2,1H3. The zero-order valence-corrected chi connectivity index (χ0v) is 10.8. The molecule has 2 atom stereocenters. The van der Waals surface area contributed by atoms with E-state index in [2.05, 4.69) is 0 Å². The van der Waals surface area contributed by atoms with Crippen LogP contribution in [0.1, 0.15) is 12.5 Å². The Labute approximate surface area is 106 Å². The zero-order chi connectivity index (χ0) is 12.1. The van der Waals surface area contributed by atoms with Crippen LogP contribution < -0.4 is 0 Å². The largest absolute Gasteiger partial charge is 0.396 e. The number of aliphatic hydroxyl groups excluding tert-OH is 1. The van der Waals surface area contributed by atoms with Crippen LogP contribution in [0, 0.1) is 0 Å². The smallest absolute Gasteiger partial charge is 0.192 e. The second-order valence-corrected chi connectivity index (χ2v) is 5.31. The van der Waals surface area contributed by atoms with Crippen LogP contribution >= 0.6 is 11.8 Å². The fraction of sp³-hybridized carbons (Fsp3) is 0.538. The molecule has 1 aromatic rings.